The summed E-state index contributed by atoms with van der Waals surface area (Å²) < 4.78 is 5.19. The van der Waals surface area contributed by atoms with Crippen LogP contribution in [0.25, 0.3) is 0 Å². The van der Waals surface area contributed by atoms with Gasteiger partial charge in [0.15, 0.2) is 5.96 Å². The largest absolute Gasteiger partial charge is 0.444 e. The summed E-state index contributed by atoms with van der Waals surface area (Å²) >= 11 is 0. The van der Waals surface area contributed by atoms with E-state index in [9.17, 15) is 4.79 Å². The van der Waals surface area contributed by atoms with Crippen LogP contribution >= 0.6 is 24.0 Å². The van der Waals surface area contributed by atoms with Crippen LogP contribution in [0.15, 0.2) is 4.99 Å². The van der Waals surface area contributed by atoms with Crippen molar-refractivity contribution in [3.8, 4) is 0 Å². The van der Waals surface area contributed by atoms with Gasteiger partial charge in [-0.3, -0.25) is 4.99 Å². The maximum absolute atomic E-state index is 11.6. The van der Waals surface area contributed by atoms with E-state index in [0.717, 1.165) is 18.4 Å². The third-order valence-corrected chi connectivity index (χ3v) is 4.31. The van der Waals surface area contributed by atoms with E-state index in [1.807, 2.05) is 20.8 Å². The highest BCUT2D eigenvalue weighted by molar-refractivity contribution is 14.0. The third-order valence-electron chi connectivity index (χ3n) is 4.31. The predicted octanol–water partition coefficient (Wildman–Crippen LogP) is 2.42. The number of ether oxygens (including phenoxy) is 1. The lowest BCUT2D eigenvalue weighted by Crippen LogP contribution is -2.43. The van der Waals surface area contributed by atoms with Gasteiger partial charge in [-0.25, -0.2) is 4.79 Å². The molecule has 7 nitrogen and oxygen atoms in total. The molecule has 1 rings (SSSR count). The van der Waals surface area contributed by atoms with Crippen LogP contribution in [-0.2, 0) is 4.74 Å². The Morgan fingerprint density at radius 1 is 1.12 bits per heavy atom. The number of halogens is 1. The van der Waals surface area contributed by atoms with E-state index in [-0.39, 0.29) is 24.0 Å². The Hall–Kier alpha value is -0.770. The highest BCUT2D eigenvalue weighted by atomic mass is 127. The average Bonchev–Trinajstić information content (AvgIpc) is 2.56. The highest BCUT2D eigenvalue weighted by Crippen LogP contribution is 2.19. The Morgan fingerprint density at radius 3 is 2.23 bits per heavy atom. The van der Waals surface area contributed by atoms with Crippen molar-refractivity contribution in [2.75, 3.05) is 46.3 Å². The van der Waals surface area contributed by atoms with Crippen LogP contribution in [0.2, 0.25) is 0 Å². The number of hydrogen-bond acceptors (Lipinski definition) is 4. The second-order valence-corrected chi connectivity index (χ2v) is 7.52. The summed E-state index contributed by atoms with van der Waals surface area (Å²) in [5, 5.41) is 9.28. The van der Waals surface area contributed by atoms with Gasteiger partial charge >= 0.3 is 6.09 Å². The zero-order valence-electron chi connectivity index (χ0n) is 17.1. The zero-order chi connectivity index (χ0) is 18.7. The number of piperidine rings is 1. The van der Waals surface area contributed by atoms with Gasteiger partial charge in [0, 0.05) is 26.7 Å². The van der Waals surface area contributed by atoms with Gasteiger partial charge in [-0.05, 0) is 65.6 Å². The van der Waals surface area contributed by atoms with Crippen LogP contribution in [0.4, 0.5) is 4.79 Å². The molecule has 0 aliphatic carbocycles. The molecule has 0 aromatic rings. The number of alkyl carbamates (subject to hydrolysis) is 1. The molecule has 26 heavy (non-hydrogen) atoms. The fourth-order valence-electron chi connectivity index (χ4n) is 2.87. The molecule has 1 saturated heterocycles. The first-order valence-corrected chi connectivity index (χ1v) is 9.47. The number of hydrogen-bond donors (Lipinski definition) is 3. The number of nitrogens with zero attached hydrogens (tertiary/aromatic N) is 2. The normalized spacial score (nSPS) is 16.6. The van der Waals surface area contributed by atoms with Crippen molar-refractivity contribution < 1.29 is 9.53 Å². The van der Waals surface area contributed by atoms with Crippen LogP contribution in [0, 0.1) is 5.92 Å². The molecule has 1 amide bonds. The van der Waals surface area contributed by atoms with Crippen LogP contribution in [0.1, 0.15) is 47.0 Å². The Morgan fingerprint density at radius 2 is 1.69 bits per heavy atom. The van der Waals surface area contributed by atoms with Crippen molar-refractivity contribution >= 4 is 36.0 Å². The molecular weight excluding hydrogens is 445 g/mol. The number of amides is 1. The van der Waals surface area contributed by atoms with Gasteiger partial charge in [0.1, 0.15) is 5.60 Å². The smallest absolute Gasteiger partial charge is 0.407 e. The molecular formula is C18H38IN5O2. The van der Waals surface area contributed by atoms with E-state index >= 15 is 0 Å². The maximum atomic E-state index is 11.6. The first-order chi connectivity index (χ1) is 11.8. The lowest BCUT2D eigenvalue weighted by molar-refractivity contribution is 0.0529. The molecule has 1 aliphatic heterocycles. The van der Waals surface area contributed by atoms with E-state index in [1.54, 1.807) is 7.05 Å². The number of aliphatic imine (C=N–C) groups is 1. The van der Waals surface area contributed by atoms with Crippen molar-refractivity contribution in [1.82, 2.24) is 20.9 Å². The van der Waals surface area contributed by atoms with E-state index in [1.165, 1.54) is 38.9 Å². The number of nitrogens with one attached hydrogen (secondary N) is 3. The number of guanidine groups is 1. The van der Waals surface area contributed by atoms with Crippen LogP contribution in [0.3, 0.4) is 0 Å². The molecule has 0 spiro atoms. The van der Waals surface area contributed by atoms with E-state index < -0.39 is 11.7 Å². The lowest BCUT2D eigenvalue weighted by atomic mass is 9.93. The van der Waals surface area contributed by atoms with Gasteiger partial charge in [-0.1, -0.05) is 6.92 Å². The Labute approximate surface area is 176 Å². The Bertz CT molecular complexity index is 418. The van der Waals surface area contributed by atoms with Gasteiger partial charge in [-0.2, -0.15) is 0 Å². The molecule has 0 aromatic heterocycles. The van der Waals surface area contributed by atoms with Crippen molar-refractivity contribution in [3.05, 3.63) is 0 Å². The molecule has 0 aromatic carbocycles. The second-order valence-electron chi connectivity index (χ2n) is 7.52. The van der Waals surface area contributed by atoms with Gasteiger partial charge in [0.25, 0.3) is 0 Å². The summed E-state index contributed by atoms with van der Waals surface area (Å²) in [6, 6.07) is 0. The number of likely N-dealkylation sites (tertiary alicyclic amines) is 1. The topological polar surface area (TPSA) is 78.0 Å². The van der Waals surface area contributed by atoms with Gasteiger partial charge in [-0.15, -0.1) is 24.0 Å². The molecule has 0 radical (unpaired) electrons. The maximum Gasteiger partial charge on any atom is 0.407 e. The van der Waals surface area contributed by atoms with Gasteiger partial charge in [0.2, 0.25) is 0 Å². The minimum atomic E-state index is -0.470. The predicted molar refractivity (Wildman–Crippen MR) is 118 cm³/mol. The van der Waals surface area contributed by atoms with Gasteiger partial charge in [0.05, 0.1) is 0 Å². The molecule has 1 aliphatic rings. The van der Waals surface area contributed by atoms with Crippen molar-refractivity contribution in [3.63, 3.8) is 0 Å². The average molecular weight is 483 g/mol. The SMILES string of the molecule is CCN1CCC(CCNC(=NC)NCCNC(=O)OC(C)(C)C)CC1.I. The Kier molecular flexibility index (Phi) is 13.0. The summed E-state index contributed by atoms with van der Waals surface area (Å²) in [6.07, 6.45) is 3.37. The minimum absolute atomic E-state index is 0. The molecule has 0 bridgehead atoms. The monoisotopic (exact) mass is 483 g/mol. The first kappa shape index (κ1) is 25.2. The molecule has 0 unspecified atom stereocenters. The first-order valence-electron chi connectivity index (χ1n) is 9.47. The molecule has 0 saturated carbocycles. The number of rotatable bonds is 7. The molecule has 154 valence electrons. The van der Waals surface area contributed by atoms with Crippen molar-refractivity contribution in [1.29, 1.82) is 0 Å². The Balaban J connectivity index is 0.00000625. The fraction of sp³-hybridized carbons (Fsp3) is 0.889. The van der Waals surface area contributed by atoms with Crippen molar-refractivity contribution in [2.45, 2.75) is 52.6 Å². The van der Waals surface area contributed by atoms with Crippen LogP contribution in [-0.4, -0.2) is 68.9 Å². The summed E-state index contributed by atoms with van der Waals surface area (Å²) in [5.41, 5.74) is -0.470. The summed E-state index contributed by atoms with van der Waals surface area (Å²) in [7, 11) is 1.76. The zero-order valence-corrected chi connectivity index (χ0v) is 19.4. The molecule has 1 fully saturated rings. The van der Waals surface area contributed by atoms with Gasteiger partial charge < -0.3 is 25.6 Å². The molecule has 1 heterocycles. The molecule has 8 heteroatoms. The number of carbonyl (C=O) groups excluding carboxylic acids is 1. The number of carbonyl (C=O) groups is 1. The van der Waals surface area contributed by atoms with Crippen molar-refractivity contribution in [2.24, 2.45) is 10.9 Å². The van der Waals surface area contributed by atoms with E-state index in [0.29, 0.717) is 13.1 Å². The third kappa shape index (κ3) is 11.8. The quantitative estimate of drug-likeness (QED) is 0.225. The fourth-order valence-corrected chi connectivity index (χ4v) is 2.87. The standard InChI is InChI=1S/C18H37N5O2.HI/c1-6-23-13-8-15(9-14-23)7-10-20-16(19-5)21-11-12-22-17(24)25-18(2,3)4;/h15H,6-14H2,1-5H3,(H,22,24)(H2,19,20,21);1H. The molecule has 0 atom stereocenters. The molecule has 3 N–H and O–H groups in total. The van der Waals surface area contributed by atoms with Crippen LogP contribution < -0.4 is 16.0 Å². The second kappa shape index (κ2) is 13.4. The summed E-state index contributed by atoms with van der Waals surface area (Å²) in [4.78, 5) is 18.3. The summed E-state index contributed by atoms with van der Waals surface area (Å²) in [5.74, 6) is 1.58. The highest BCUT2D eigenvalue weighted by Gasteiger charge is 2.18. The minimum Gasteiger partial charge on any atom is -0.444 e. The van der Waals surface area contributed by atoms with Crippen LogP contribution in [0.5, 0.6) is 0 Å². The van der Waals surface area contributed by atoms with E-state index in [2.05, 4.69) is 32.8 Å². The summed E-state index contributed by atoms with van der Waals surface area (Å²) in [6.45, 7) is 13.4. The van der Waals surface area contributed by atoms with E-state index in [4.69, 9.17) is 4.74 Å². The lowest BCUT2D eigenvalue weighted by Gasteiger charge is -2.31.